The Hall–Kier alpha value is -3.30. The average molecular weight is 713 g/mol. The normalized spacial score (nSPS) is 18.4. The summed E-state index contributed by atoms with van der Waals surface area (Å²) in [6.07, 6.45) is 2.44. The number of carbonyl (C=O) groups is 1. The van der Waals surface area contributed by atoms with Crippen LogP contribution in [-0.4, -0.2) is 119 Å². The standard InChI is InChI=1S/C32H42BrN9O3S/c1-5-46(44,45)41-11-9-24(20-41)36-28-27(33)19-35-31-29(28)37-30(38-31)26-17-21(2)42(22(26)3)25-8-6-7-23(18-25)32(43)34-10-12-40-15-13-39(4)14-16-40/h6-8,17-19,24H,5,9-16,20H2,1-4H3,(H,34,43)(H2,35,36,37,38)/t24-/m0/s1. The topological polar surface area (TPSA) is 131 Å². The van der Waals surface area contributed by atoms with Crippen molar-refractivity contribution in [2.75, 3.05) is 70.5 Å². The molecule has 0 bridgehead atoms. The number of amides is 1. The van der Waals surface area contributed by atoms with E-state index in [0.717, 1.165) is 65.5 Å². The zero-order valence-electron chi connectivity index (χ0n) is 26.8. The molecule has 46 heavy (non-hydrogen) atoms. The van der Waals surface area contributed by atoms with Crippen molar-refractivity contribution in [3.63, 3.8) is 0 Å². The first-order chi connectivity index (χ1) is 22.0. The van der Waals surface area contributed by atoms with Gasteiger partial charge in [0.2, 0.25) is 10.0 Å². The fourth-order valence-corrected chi connectivity index (χ4v) is 7.93. The first-order valence-corrected chi connectivity index (χ1v) is 18.2. The molecule has 5 heterocycles. The van der Waals surface area contributed by atoms with E-state index in [1.807, 2.05) is 38.1 Å². The maximum Gasteiger partial charge on any atom is 0.251 e. The predicted octanol–water partition coefficient (Wildman–Crippen LogP) is 3.61. The van der Waals surface area contributed by atoms with Crippen LogP contribution in [0.15, 0.2) is 41.0 Å². The number of pyridine rings is 1. The van der Waals surface area contributed by atoms with Crippen molar-refractivity contribution in [3.8, 4) is 17.1 Å². The second-order valence-electron chi connectivity index (χ2n) is 12.2. The van der Waals surface area contributed by atoms with E-state index >= 15 is 0 Å². The number of likely N-dealkylation sites (N-methyl/N-ethyl adjacent to an activating group) is 1. The lowest BCUT2D eigenvalue weighted by atomic mass is 10.1. The molecule has 1 amide bonds. The first-order valence-electron chi connectivity index (χ1n) is 15.8. The number of anilines is 1. The second kappa shape index (κ2) is 13.4. The molecular weight excluding hydrogens is 670 g/mol. The minimum Gasteiger partial charge on any atom is -0.378 e. The molecule has 2 aliphatic rings. The van der Waals surface area contributed by atoms with Crippen LogP contribution in [0.25, 0.3) is 28.2 Å². The number of hydrogen-bond donors (Lipinski definition) is 3. The molecule has 6 rings (SSSR count). The molecule has 2 saturated heterocycles. The Balaban J connectivity index is 1.20. The minimum absolute atomic E-state index is 0.0373. The Morgan fingerprint density at radius 1 is 1.13 bits per heavy atom. The number of aryl methyl sites for hydroxylation is 1. The maximum absolute atomic E-state index is 13.1. The number of aromatic nitrogens is 4. The number of nitrogens with one attached hydrogen (secondary N) is 3. The molecule has 12 nitrogen and oxygen atoms in total. The molecule has 3 N–H and O–H groups in total. The Kier molecular flexibility index (Phi) is 9.53. The SMILES string of the molecule is CCS(=O)(=O)N1CC[C@H](Nc2c(Br)cnc3[nH]c(-c4cc(C)n(-c5cccc(C(=O)NCCN6CCN(C)CC6)c5)c4C)nc23)C1. The van der Waals surface area contributed by atoms with Gasteiger partial charge in [0.25, 0.3) is 5.91 Å². The molecule has 2 fully saturated rings. The Bertz CT molecular complexity index is 1850. The van der Waals surface area contributed by atoms with E-state index in [4.69, 9.17) is 4.98 Å². The highest BCUT2D eigenvalue weighted by atomic mass is 79.9. The van der Waals surface area contributed by atoms with Crippen LogP contribution in [0.1, 0.15) is 35.1 Å². The number of carbonyl (C=O) groups excluding carboxylic acids is 1. The lowest BCUT2D eigenvalue weighted by Gasteiger charge is -2.32. The summed E-state index contributed by atoms with van der Waals surface area (Å²) in [7, 11) is -1.10. The second-order valence-corrected chi connectivity index (χ2v) is 15.3. The lowest BCUT2D eigenvalue weighted by molar-refractivity contribution is 0.0941. The van der Waals surface area contributed by atoms with E-state index in [9.17, 15) is 13.2 Å². The lowest BCUT2D eigenvalue weighted by Crippen LogP contribution is -2.46. The quantitative estimate of drug-likeness (QED) is 0.228. The van der Waals surface area contributed by atoms with Crippen molar-refractivity contribution in [3.05, 3.63) is 58.0 Å². The smallest absolute Gasteiger partial charge is 0.251 e. The zero-order chi connectivity index (χ0) is 32.6. The molecule has 1 atom stereocenters. The van der Waals surface area contributed by atoms with Gasteiger partial charge in [-0.1, -0.05) is 6.07 Å². The monoisotopic (exact) mass is 711 g/mol. The van der Waals surface area contributed by atoms with Crippen molar-refractivity contribution in [2.24, 2.45) is 0 Å². The van der Waals surface area contributed by atoms with E-state index in [1.165, 1.54) is 0 Å². The van der Waals surface area contributed by atoms with Crippen molar-refractivity contribution < 1.29 is 13.2 Å². The summed E-state index contributed by atoms with van der Waals surface area (Å²) in [4.78, 5) is 30.7. The van der Waals surface area contributed by atoms with Crippen LogP contribution in [0.2, 0.25) is 0 Å². The molecule has 0 saturated carbocycles. The van der Waals surface area contributed by atoms with Crippen LogP contribution in [0, 0.1) is 13.8 Å². The van der Waals surface area contributed by atoms with Crippen LogP contribution in [-0.2, 0) is 10.0 Å². The molecule has 0 radical (unpaired) electrons. The van der Waals surface area contributed by atoms with Gasteiger partial charge in [0.05, 0.1) is 15.9 Å². The van der Waals surface area contributed by atoms with Crippen LogP contribution in [0.5, 0.6) is 0 Å². The van der Waals surface area contributed by atoms with Crippen molar-refractivity contribution >= 4 is 48.7 Å². The van der Waals surface area contributed by atoms with Gasteiger partial charge in [-0.25, -0.2) is 18.4 Å². The highest BCUT2D eigenvalue weighted by Crippen LogP contribution is 2.34. The maximum atomic E-state index is 13.1. The molecule has 14 heteroatoms. The predicted molar refractivity (Wildman–Crippen MR) is 185 cm³/mol. The summed E-state index contributed by atoms with van der Waals surface area (Å²) in [5.74, 6) is 0.700. The average Bonchev–Trinajstić information content (AvgIpc) is 3.77. The van der Waals surface area contributed by atoms with Gasteiger partial charge in [-0.05, 0) is 74.4 Å². The van der Waals surface area contributed by atoms with Gasteiger partial charge in [0, 0.05) is 92.8 Å². The highest BCUT2D eigenvalue weighted by molar-refractivity contribution is 9.10. The van der Waals surface area contributed by atoms with Crippen molar-refractivity contribution in [2.45, 2.75) is 33.2 Å². The zero-order valence-corrected chi connectivity index (χ0v) is 29.2. The fourth-order valence-electron chi connectivity index (χ4n) is 6.37. The Labute approximate surface area is 278 Å². The first kappa shape index (κ1) is 32.6. The van der Waals surface area contributed by atoms with Crippen LogP contribution in [0.3, 0.4) is 0 Å². The van der Waals surface area contributed by atoms with E-state index in [-0.39, 0.29) is 17.7 Å². The number of benzene rings is 1. The fraction of sp³-hybridized carbons (Fsp3) is 0.469. The van der Waals surface area contributed by atoms with E-state index in [0.29, 0.717) is 48.6 Å². The highest BCUT2D eigenvalue weighted by Gasteiger charge is 2.31. The summed E-state index contributed by atoms with van der Waals surface area (Å²) in [6.45, 7) is 12.3. The van der Waals surface area contributed by atoms with Gasteiger partial charge in [-0.2, -0.15) is 4.31 Å². The van der Waals surface area contributed by atoms with Gasteiger partial charge in [-0.3, -0.25) is 9.69 Å². The molecule has 0 spiro atoms. The summed E-state index contributed by atoms with van der Waals surface area (Å²) in [6, 6.07) is 9.75. The van der Waals surface area contributed by atoms with Crippen molar-refractivity contribution in [1.29, 1.82) is 0 Å². The molecule has 0 unspecified atom stereocenters. The summed E-state index contributed by atoms with van der Waals surface area (Å²) >= 11 is 3.62. The van der Waals surface area contributed by atoms with Gasteiger partial charge >= 0.3 is 0 Å². The number of hydrogen-bond acceptors (Lipinski definition) is 8. The number of imidazole rings is 1. The minimum atomic E-state index is -3.24. The molecule has 1 aromatic carbocycles. The van der Waals surface area contributed by atoms with Crippen LogP contribution in [0.4, 0.5) is 5.69 Å². The van der Waals surface area contributed by atoms with Gasteiger partial charge in [0.15, 0.2) is 5.65 Å². The summed E-state index contributed by atoms with van der Waals surface area (Å²) in [5.41, 5.74) is 6.55. The number of sulfonamides is 1. The number of rotatable bonds is 10. The third-order valence-corrected chi connectivity index (χ3v) is 11.5. The van der Waals surface area contributed by atoms with E-state index < -0.39 is 10.0 Å². The van der Waals surface area contributed by atoms with Gasteiger partial charge in [-0.15, -0.1) is 0 Å². The number of aromatic amines is 1. The molecular formula is C32H42BrN9O3S. The number of nitrogens with zero attached hydrogens (tertiary/aromatic N) is 6. The number of piperazine rings is 1. The van der Waals surface area contributed by atoms with Gasteiger partial charge in [0.1, 0.15) is 11.3 Å². The Morgan fingerprint density at radius 3 is 2.67 bits per heavy atom. The molecule has 0 aliphatic carbocycles. The van der Waals surface area contributed by atoms with Crippen LogP contribution >= 0.6 is 15.9 Å². The van der Waals surface area contributed by atoms with Crippen LogP contribution < -0.4 is 10.6 Å². The molecule has 4 aromatic rings. The van der Waals surface area contributed by atoms with Crippen molar-refractivity contribution in [1.82, 2.24) is 38.9 Å². The third kappa shape index (κ3) is 6.72. The van der Waals surface area contributed by atoms with E-state index in [1.54, 1.807) is 17.4 Å². The molecule has 246 valence electrons. The number of H-pyrrole nitrogens is 1. The summed E-state index contributed by atoms with van der Waals surface area (Å²) in [5, 5.41) is 6.62. The Morgan fingerprint density at radius 2 is 1.91 bits per heavy atom. The summed E-state index contributed by atoms with van der Waals surface area (Å²) < 4.78 is 29.2. The van der Waals surface area contributed by atoms with E-state index in [2.05, 4.69) is 64.0 Å². The third-order valence-electron chi connectivity index (χ3n) is 9.09. The van der Waals surface area contributed by atoms with Gasteiger partial charge < -0.3 is 25.1 Å². The number of halogens is 1. The molecule has 3 aromatic heterocycles. The largest absolute Gasteiger partial charge is 0.378 e. The number of fused-ring (bicyclic) bond motifs is 1. The molecule has 2 aliphatic heterocycles.